The normalized spacial score (nSPS) is 20.9. The van der Waals surface area contributed by atoms with E-state index >= 15 is 0 Å². The first-order valence-electron chi connectivity index (χ1n) is 11.1. The maximum atomic E-state index is 11.5. The van der Waals surface area contributed by atoms with Gasteiger partial charge in [-0.1, -0.05) is 24.3 Å². The van der Waals surface area contributed by atoms with Crippen LogP contribution in [0.25, 0.3) is 0 Å². The molecule has 1 N–H and O–H groups in total. The second-order valence-corrected chi connectivity index (χ2v) is 8.84. The van der Waals surface area contributed by atoms with Crippen LogP contribution in [0, 0.1) is 23.0 Å². The number of aromatic nitrogens is 1. The van der Waals surface area contributed by atoms with Gasteiger partial charge >= 0.3 is 11.7 Å². The molecule has 1 aromatic carbocycles. The SMILES string of the molecule is Cc1ccc(OC(C)(C)[C@H]2OC[C@@H](CC=CCCC(=O)O)[C@@H](c3cccnc3)O2)c([N+](=O)[O-])c1. The van der Waals surface area contributed by atoms with Gasteiger partial charge in [0.2, 0.25) is 0 Å². The number of hydrogen-bond donors (Lipinski definition) is 1. The number of carbonyl (C=O) groups is 1. The predicted octanol–water partition coefficient (Wildman–Crippen LogP) is 5.00. The highest BCUT2D eigenvalue weighted by Crippen LogP contribution is 2.39. The van der Waals surface area contributed by atoms with Gasteiger partial charge in [0.1, 0.15) is 0 Å². The Balaban J connectivity index is 1.76. The van der Waals surface area contributed by atoms with E-state index in [0.717, 1.165) is 11.1 Å². The maximum Gasteiger partial charge on any atom is 0.311 e. The first-order chi connectivity index (χ1) is 16.2. The third-order valence-corrected chi connectivity index (χ3v) is 5.56. The fraction of sp³-hybridized carbons (Fsp3) is 0.440. The molecule has 1 saturated heterocycles. The Morgan fingerprint density at radius 2 is 2.15 bits per heavy atom. The summed E-state index contributed by atoms with van der Waals surface area (Å²) in [5.41, 5.74) is 0.509. The van der Waals surface area contributed by atoms with Crippen LogP contribution in [0.15, 0.2) is 54.9 Å². The second-order valence-electron chi connectivity index (χ2n) is 8.84. The van der Waals surface area contributed by atoms with E-state index in [-0.39, 0.29) is 29.9 Å². The van der Waals surface area contributed by atoms with E-state index in [0.29, 0.717) is 19.4 Å². The molecule has 0 aliphatic carbocycles. The Kier molecular flexibility index (Phi) is 8.36. The highest BCUT2D eigenvalue weighted by Gasteiger charge is 2.42. The topological polar surface area (TPSA) is 121 Å². The first kappa shape index (κ1) is 25.3. The van der Waals surface area contributed by atoms with Crippen LogP contribution in [0.1, 0.15) is 50.3 Å². The zero-order valence-corrected chi connectivity index (χ0v) is 19.5. The van der Waals surface area contributed by atoms with Crippen molar-refractivity contribution in [3.05, 3.63) is 76.1 Å². The molecule has 1 aromatic heterocycles. The average Bonchev–Trinajstić information content (AvgIpc) is 2.80. The molecule has 0 spiro atoms. The molecule has 0 amide bonds. The molecule has 9 heteroatoms. The summed E-state index contributed by atoms with van der Waals surface area (Å²) in [6.45, 7) is 5.70. The first-order valence-corrected chi connectivity index (χ1v) is 11.1. The molecule has 182 valence electrons. The number of nitro groups is 1. The Morgan fingerprint density at radius 3 is 2.82 bits per heavy atom. The largest absolute Gasteiger partial charge is 0.481 e. The van der Waals surface area contributed by atoms with Crippen molar-refractivity contribution in [3.8, 4) is 5.75 Å². The van der Waals surface area contributed by atoms with E-state index in [1.165, 1.54) is 6.07 Å². The molecule has 1 aliphatic rings. The Bertz CT molecular complexity index is 1020. The van der Waals surface area contributed by atoms with Crippen molar-refractivity contribution in [3.63, 3.8) is 0 Å². The number of hydrogen-bond acceptors (Lipinski definition) is 7. The van der Waals surface area contributed by atoms with Gasteiger partial charge in [-0.05, 0) is 56.9 Å². The minimum absolute atomic E-state index is 0.0222. The molecule has 34 heavy (non-hydrogen) atoms. The van der Waals surface area contributed by atoms with E-state index in [1.54, 1.807) is 45.3 Å². The number of rotatable bonds is 10. The minimum Gasteiger partial charge on any atom is -0.481 e. The molecule has 0 saturated carbocycles. The molecule has 3 rings (SSSR count). The van der Waals surface area contributed by atoms with Crippen LogP contribution in [0.4, 0.5) is 5.69 Å². The minimum atomic E-state index is -1.03. The zero-order chi connectivity index (χ0) is 24.7. The Labute approximate surface area is 198 Å². The summed E-state index contributed by atoms with van der Waals surface area (Å²) < 4.78 is 18.5. The van der Waals surface area contributed by atoms with Crippen LogP contribution in [-0.2, 0) is 14.3 Å². The standard InChI is InChI=1S/C25H30N2O7/c1-17-11-12-21(20(14-17)27(30)31)34-25(2,3)24-32-16-19(8-5-4-6-10-22(28)29)23(33-24)18-9-7-13-26-15-18/h4-5,7,9,11-15,19,23-24H,6,8,10,16H2,1-3H3,(H,28,29)/t19-,23-,24+/m1/s1. The smallest absolute Gasteiger partial charge is 0.311 e. The number of nitrogens with zero attached hydrogens (tertiary/aromatic N) is 2. The van der Waals surface area contributed by atoms with Gasteiger partial charge in [-0.2, -0.15) is 0 Å². The third kappa shape index (κ3) is 6.61. The fourth-order valence-corrected chi connectivity index (χ4v) is 3.82. The third-order valence-electron chi connectivity index (χ3n) is 5.56. The molecule has 2 aromatic rings. The molecule has 9 nitrogen and oxygen atoms in total. The number of carboxylic acid groups (broad SMARTS) is 1. The molecule has 0 unspecified atom stereocenters. The molecular formula is C25H30N2O7. The van der Waals surface area contributed by atoms with E-state index in [4.69, 9.17) is 19.3 Å². The molecule has 0 radical (unpaired) electrons. The zero-order valence-electron chi connectivity index (χ0n) is 19.5. The van der Waals surface area contributed by atoms with Gasteiger partial charge in [0.05, 0.1) is 17.6 Å². The number of ether oxygens (including phenoxy) is 3. The quantitative estimate of drug-likeness (QED) is 0.293. The Hall–Kier alpha value is -3.30. The number of aryl methyl sites for hydroxylation is 1. The summed E-state index contributed by atoms with van der Waals surface area (Å²) in [6.07, 6.45) is 7.27. The summed E-state index contributed by atoms with van der Waals surface area (Å²) in [6, 6.07) is 8.58. The van der Waals surface area contributed by atoms with Crippen LogP contribution in [-0.4, -0.2) is 39.5 Å². The highest BCUT2D eigenvalue weighted by molar-refractivity contribution is 5.66. The van der Waals surface area contributed by atoms with Gasteiger partial charge in [-0.25, -0.2) is 0 Å². The summed E-state index contributed by atoms with van der Waals surface area (Å²) in [5.74, 6) is -0.707. The molecule has 1 aliphatic heterocycles. The van der Waals surface area contributed by atoms with Gasteiger partial charge in [0.25, 0.3) is 0 Å². The number of allylic oxidation sites excluding steroid dienone is 2. The monoisotopic (exact) mass is 470 g/mol. The van der Waals surface area contributed by atoms with E-state index in [1.807, 2.05) is 24.3 Å². The van der Waals surface area contributed by atoms with Crippen molar-refractivity contribution < 1.29 is 29.0 Å². The number of benzene rings is 1. The van der Waals surface area contributed by atoms with Gasteiger partial charge in [-0.3, -0.25) is 19.9 Å². The van der Waals surface area contributed by atoms with Crippen LogP contribution in [0.5, 0.6) is 5.75 Å². The molecule has 2 heterocycles. The lowest BCUT2D eigenvalue weighted by Gasteiger charge is -2.42. The van der Waals surface area contributed by atoms with Crippen molar-refractivity contribution in [1.29, 1.82) is 0 Å². The second kappa shape index (κ2) is 11.2. The van der Waals surface area contributed by atoms with E-state index < -0.39 is 22.8 Å². The van der Waals surface area contributed by atoms with Crippen molar-refractivity contribution in [1.82, 2.24) is 4.98 Å². The lowest BCUT2D eigenvalue weighted by atomic mass is 9.92. The lowest BCUT2D eigenvalue weighted by Crippen LogP contribution is -2.50. The maximum absolute atomic E-state index is 11.5. The van der Waals surface area contributed by atoms with Crippen LogP contribution in [0.3, 0.4) is 0 Å². The highest BCUT2D eigenvalue weighted by atomic mass is 16.7. The number of aliphatic carboxylic acids is 1. The summed E-state index contributed by atoms with van der Waals surface area (Å²) in [7, 11) is 0. The van der Waals surface area contributed by atoms with Gasteiger partial charge in [0.15, 0.2) is 17.6 Å². The number of pyridine rings is 1. The van der Waals surface area contributed by atoms with Gasteiger partial charge < -0.3 is 19.3 Å². The van der Waals surface area contributed by atoms with Crippen LogP contribution in [0.2, 0.25) is 0 Å². The van der Waals surface area contributed by atoms with E-state index in [9.17, 15) is 14.9 Å². The van der Waals surface area contributed by atoms with Crippen LogP contribution >= 0.6 is 0 Å². The molecular weight excluding hydrogens is 440 g/mol. The van der Waals surface area contributed by atoms with E-state index in [2.05, 4.69) is 4.98 Å². The molecule has 0 bridgehead atoms. The number of carboxylic acids is 1. The van der Waals surface area contributed by atoms with Crippen molar-refractivity contribution in [2.75, 3.05) is 6.61 Å². The lowest BCUT2D eigenvalue weighted by molar-refractivity contribution is -0.386. The van der Waals surface area contributed by atoms with Crippen molar-refractivity contribution >= 4 is 11.7 Å². The van der Waals surface area contributed by atoms with Crippen molar-refractivity contribution in [2.24, 2.45) is 5.92 Å². The fourth-order valence-electron chi connectivity index (χ4n) is 3.82. The summed E-state index contributed by atoms with van der Waals surface area (Å²) in [5, 5.41) is 20.3. The molecule has 3 atom stereocenters. The molecule has 1 fully saturated rings. The number of nitro benzene ring substituents is 1. The summed E-state index contributed by atoms with van der Waals surface area (Å²) in [4.78, 5) is 26.0. The van der Waals surface area contributed by atoms with Gasteiger partial charge in [0, 0.05) is 30.8 Å². The summed E-state index contributed by atoms with van der Waals surface area (Å²) >= 11 is 0. The van der Waals surface area contributed by atoms with Crippen LogP contribution < -0.4 is 4.74 Å². The van der Waals surface area contributed by atoms with Gasteiger partial charge in [-0.15, -0.1) is 0 Å². The van der Waals surface area contributed by atoms with Crippen molar-refractivity contribution in [2.45, 2.75) is 58.0 Å². The predicted molar refractivity (Wildman–Crippen MR) is 124 cm³/mol. The Morgan fingerprint density at radius 1 is 1.35 bits per heavy atom. The average molecular weight is 471 g/mol.